The van der Waals surface area contributed by atoms with E-state index < -0.39 is 43.1 Å². The summed E-state index contributed by atoms with van der Waals surface area (Å²) in [6.07, 6.45) is -1.37. The van der Waals surface area contributed by atoms with Crippen molar-refractivity contribution < 1.29 is 37.4 Å². The highest BCUT2D eigenvalue weighted by molar-refractivity contribution is 5.98. The molecule has 0 bridgehead atoms. The van der Waals surface area contributed by atoms with Crippen molar-refractivity contribution in [3.8, 4) is 11.1 Å². The zero-order valence-corrected chi connectivity index (χ0v) is 16.1. The molecular weight excluding hydrogens is 417 g/mol. The Kier molecular flexibility index (Phi) is 6.91. The number of ether oxygens (including phenoxy) is 1. The summed E-state index contributed by atoms with van der Waals surface area (Å²) in [7, 11) is 0. The van der Waals surface area contributed by atoms with E-state index in [0.717, 1.165) is 4.90 Å². The molecule has 2 aromatic rings. The summed E-state index contributed by atoms with van der Waals surface area (Å²) in [5.74, 6) is -3.04. The Bertz CT molecular complexity index is 968. The van der Waals surface area contributed by atoms with E-state index in [2.05, 4.69) is 10.1 Å². The molecule has 0 aliphatic carbocycles. The average molecular weight is 436 g/mol. The van der Waals surface area contributed by atoms with E-state index >= 15 is 0 Å². The minimum Gasteiger partial charge on any atom is -0.480 e. The molecule has 1 fully saturated rings. The monoisotopic (exact) mass is 436 g/mol. The minimum absolute atomic E-state index is 0.241. The number of nitrogens with zero attached hydrogens (tertiary/aromatic N) is 1. The predicted molar refractivity (Wildman–Crippen MR) is 103 cm³/mol. The predicted octanol–water partition coefficient (Wildman–Crippen LogP) is 2.52. The average Bonchev–Trinajstić information content (AvgIpc) is 3.16. The van der Waals surface area contributed by atoms with Crippen LogP contribution in [0.1, 0.15) is 16.8 Å². The first kappa shape index (κ1) is 22.3. The van der Waals surface area contributed by atoms with Gasteiger partial charge in [0, 0.05) is 18.5 Å². The van der Waals surface area contributed by atoms with Gasteiger partial charge in [0.2, 0.25) is 5.91 Å². The second-order valence-electron chi connectivity index (χ2n) is 6.92. The zero-order chi connectivity index (χ0) is 22.5. The van der Waals surface area contributed by atoms with E-state index in [9.17, 15) is 32.7 Å². The quantitative estimate of drug-likeness (QED) is 0.696. The SMILES string of the molecule is O=C(NCC(=O)N1C[C@H](OC(F)F)C[C@H]1C(=O)O)c1cccc(-c2ccc(F)cc2)c1. The zero-order valence-electron chi connectivity index (χ0n) is 16.1. The Morgan fingerprint density at radius 3 is 2.48 bits per heavy atom. The number of hydrogen-bond donors (Lipinski definition) is 2. The lowest BCUT2D eigenvalue weighted by atomic mass is 10.0. The molecule has 164 valence electrons. The van der Waals surface area contributed by atoms with Gasteiger partial charge < -0.3 is 20.1 Å². The number of amides is 2. The molecule has 2 amide bonds. The highest BCUT2D eigenvalue weighted by Gasteiger charge is 2.41. The number of carboxylic acid groups (broad SMARTS) is 1. The summed E-state index contributed by atoms with van der Waals surface area (Å²) in [5.41, 5.74) is 1.60. The van der Waals surface area contributed by atoms with Gasteiger partial charge in [-0.2, -0.15) is 8.78 Å². The van der Waals surface area contributed by atoms with Crippen molar-refractivity contribution in [2.24, 2.45) is 0 Å². The standard InChI is InChI=1S/C21H19F3N2O5/c22-15-6-4-12(5-7-15)13-2-1-3-14(8-13)19(28)25-10-18(27)26-11-16(31-21(23)24)9-17(26)20(29)30/h1-8,16-17,21H,9-11H2,(H,25,28)(H,29,30)/t16-,17+/m1/s1. The van der Waals surface area contributed by atoms with Crippen LogP contribution >= 0.6 is 0 Å². The molecule has 2 atom stereocenters. The van der Waals surface area contributed by atoms with E-state index in [4.69, 9.17) is 0 Å². The third kappa shape index (κ3) is 5.60. The van der Waals surface area contributed by atoms with Gasteiger partial charge in [-0.05, 0) is 35.4 Å². The number of carbonyl (C=O) groups excluding carboxylic acids is 2. The Balaban J connectivity index is 1.63. The van der Waals surface area contributed by atoms with E-state index in [1.165, 1.54) is 18.2 Å². The maximum atomic E-state index is 13.1. The van der Waals surface area contributed by atoms with Crippen LogP contribution in [-0.4, -0.2) is 59.6 Å². The van der Waals surface area contributed by atoms with Crippen molar-refractivity contribution in [1.82, 2.24) is 10.2 Å². The summed E-state index contributed by atoms with van der Waals surface area (Å²) in [4.78, 5) is 37.1. The molecule has 0 radical (unpaired) electrons. The van der Waals surface area contributed by atoms with Crippen LogP contribution in [0, 0.1) is 5.82 Å². The van der Waals surface area contributed by atoms with Crippen LogP contribution in [0.25, 0.3) is 11.1 Å². The first-order chi connectivity index (χ1) is 14.7. The third-order valence-electron chi connectivity index (χ3n) is 4.87. The Labute approximate surface area is 175 Å². The van der Waals surface area contributed by atoms with Crippen molar-refractivity contribution in [2.45, 2.75) is 25.2 Å². The number of alkyl halides is 2. The summed E-state index contributed by atoms with van der Waals surface area (Å²) in [6, 6.07) is 10.9. The topological polar surface area (TPSA) is 95.9 Å². The van der Waals surface area contributed by atoms with E-state index in [-0.39, 0.29) is 24.3 Å². The summed E-state index contributed by atoms with van der Waals surface area (Å²) < 4.78 is 42.2. The Morgan fingerprint density at radius 2 is 1.84 bits per heavy atom. The number of halogens is 3. The smallest absolute Gasteiger partial charge is 0.345 e. The lowest BCUT2D eigenvalue weighted by Gasteiger charge is -2.21. The molecule has 31 heavy (non-hydrogen) atoms. The fourth-order valence-corrected chi connectivity index (χ4v) is 3.39. The van der Waals surface area contributed by atoms with Crippen molar-refractivity contribution in [3.05, 3.63) is 59.9 Å². The van der Waals surface area contributed by atoms with Gasteiger partial charge in [0.1, 0.15) is 11.9 Å². The van der Waals surface area contributed by atoms with Crippen LogP contribution in [0.15, 0.2) is 48.5 Å². The molecule has 0 unspecified atom stereocenters. The summed E-state index contributed by atoms with van der Waals surface area (Å²) in [5, 5.41) is 11.7. The number of likely N-dealkylation sites (tertiary alicyclic amines) is 1. The van der Waals surface area contributed by atoms with Gasteiger partial charge in [-0.3, -0.25) is 9.59 Å². The van der Waals surface area contributed by atoms with E-state index in [0.29, 0.717) is 11.1 Å². The van der Waals surface area contributed by atoms with Crippen LogP contribution in [-0.2, 0) is 14.3 Å². The van der Waals surface area contributed by atoms with Gasteiger partial charge in [0.15, 0.2) is 0 Å². The largest absolute Gasteiger partial charge is 0.480 e. The lowest BCUT2D eigenvalue weighted by molar-refractivity contribution is -0.160. The minimum atomic E-state index is -3.08. The fourth-order valence-electron chi connectivity index (χ4n) is 3.39. The molecule has 1 heterocycles. The van der Waals surface area contributed by atoms with Crippen LogP contribution in [0.2, 0.25) is 0 Å². The van der Waals surface area contributed by atoms with Crippen molar-refractivity contribution in [3.63, 3.8) is 0 Å². The molecule has 10 heteroatoms. The van der Waals surface area contributed by atoms with Crippen molar-refractivity contribution in [1.29, 1.82) is 0 Å². The van der Waals surface area contributed by atoms with Gasteiger partial charge >= 0.3 is 12.6 Å². The molecule has 0 aromatic heterocycles. The van der Waals surface area contributed by atoms with E-state index in [1.54, 1.807) is 30.3 Å². The number of hydrogen-bond acceptors (Lipinski definition) is 4. The maximum absolute atomic E-state index is 13.1. The number of aliphatic carboxylic acids is 1. The van der Waals surface area contributed by atoms with Gasteiger partial charge in [-0.25, -0.2) is 9.18 Å². The molecule has 3 rings (SSSR count). The van der Waals surface area contributed by atoms with Gasteiger partial charge in [-0.15, -0.1) is 0 Å². The number of nitrogens with one attached hydrogen (secondary N) is 1. The van der Waals surface area contributed by atoms with Crippen molar-refractivity contribution in [2.75, 3.05) is 13.1 Å². The fraction of sp³-hybridized carbons (Fsp3) is 0.286. The van der Waals surface area contributed by atoms with Gasteiger partial charge in [-0.1, -0.05) is 24.3 Å². The second-order valence-corrected chi connectivity index (χ2v) is 6.92. The van der Waals surface area contributed by atoms with Crippen LogP contribution in [0.3, 0.4) is 0 Å². The van der Waals surface area contributed by atoms with Gasteiger partial charge in [0.25, 0.3) is 5.91 Å². The Hall–Kier alpha value is -3.40. The van der Waals surface area contributed by atoms with Crippen molar-refractivity contribution >= 4 is 17.8 Å². The van der Waals surface area contributed by atoms with Gasteiger partial charge in [0.05, 0.1) is 12.6 Å². The Morgan fingerprint density at radius 1 is 1.13 bits per heavy atom. The number of carbonyl (C=O) groups is 3. The normalized spacial score (nSPS) is 18.3. The number of rotatable bonds is 7. The number of carboxylic acids is 1. The second kappa shape index (κ2) is 9.61. The molecule has 1 aliphatic rings. The van der Waals surface area contributed by atoms with Crippen LogP contribution < -0.4 is 5.32 Å². The lowest BCUT2D eigenvalue weighted by Crippen LogP contribution is -2.45. The first-order valence-corrected chi connectivity index (χ1v) is 9.34. The molecule has 1 saturated heterocycles. The summed E-state index contributed by atoms with van der Waals surface area (Å²) >= 11 is 0. The molecule has 0 spiro atoms. The maximum Gasteiger partial charge on any atom is 0.345 e. The third-order valence-corrected chi connectivity index (χ3v) is 4.87. The molecule has 2 aromatic carbocycles. The van der Waals surface area contributed by atoms with E-state index in [1.807, 2.05) is 0 Å². The molecule has 0 saturated carbocycles. The highest BCUT2D eigenvalue weighted by atomic mass is 19.3. The highest BCUT2D eigenvalue weighted by Crippen LogP contribution is 2.23. The molecule has 7 nitrogen and oxygen atoms in total. The number of benzene rings is 2. The molecule has 1 aliphatic heterocycles. The molecule has 2 N–H and O–H groups in total. The molecular formula is C21H19F3N2O5. The van der Waals surface area contributed by atoms with Crippen LogP contribution in [0.5, 0.6) is 0 Å². The summed E-state index contributed by atoms with van der Waals surface area (Å²) in [6.45, 7) is -3.90. The van der Waals surface area contributed by atoms with Crippen LogP contribution in [0.4, 0.5) is 13.2 Å². The first-order valence-electron chi connectivity index (χ1n) is 9.34.